The molecule has 0 N–H and O–H groups in total. The van der Waals surface area contributed by atoms with Gasteiger partial charge in [-0.05, 0) is 17.2 Å². The van der Waals surface area contributed by atoms with E-state index in [4.69, 9.17) is 4.84 Å². The summed E-state index contributed by atoms with van der Waals surface area (Å²) in [6.45, 7) is 0. The molecule has 0 saturated heterocycles. The Labute approximate surface area is 101 Å². The molecule has 1 unspecified atom stereocenters. The van der Waals surface area contributed by atoms with Gasteiger partial charge in [0.2, 0.25) is 0 Å². The van der Waals surface area contributed by atoms with E-state index in [1.54, 1.807) is 0 Å². The third-order valence-electron chi connectivity index (χ3n) is 2.89. The van der Waals surface area contributed by atoms with Crippen molar-refractivity contribution in [2.45, 2.75) is 12.5 Å². The Kier molecular flexibility index (Phi) is 2.62. The third kappa shape index (κ3) is 2.07. The van der Waals surface area contributed by atoms with Crippen LogP contribution in [0.1, 0.15) is 23.7 Å². The number of benzene rings is 2. The summed E-state index contributed by atoms with van der Waals surface area (Å²) in [7, 11) is 0. The van der Waals surface area contributed by atoms with Crippen molar-refractivity contribution in [2.75, 3.05) is 0 Å². The van der Waals surface area contributed by atoms with E-state index in [2.05, 4.69) is 23.4 Å². The Morgan fingerprint density at radius 3 is 2.59 bits per heavy atom. The van der Waals surface area contributed by atoms with Gasteiger partial charge in [0.15, 0.2) is 6.10 Å². The highest BCUT2D eigenvalue weighted by molar-refractivity contribution is 6.01. The summed E-state index contributed by atoms with van der Waals surface area (Å²) in [6, 6.07) is 21.0. The van der Waals surface area contributed by atoms with Crippen LogP contribution in [-0.2, 0) is 4.84 Å². The molecular weight excluding hydrogens is 210 g/mol. The van der Waals surface area contributed by atoms with E-state index in [1.807, 2.05) is 42.5 Å². The first-order chi connectivity index (χ1) is 8.43. The van der Waals surface area contributed by atoms with Gasteiger partial charge in [-0.2, -0.15) is 0 Å². The molecule has 0 spiro atoms. The first kappa shape index (κ1) is 10.1. The standard InChI is InChI=1S/C15H12NO/c1-3-7-12(8-4-1)14-11-15(17-16-14)13-9-5-2-6-10-13/h1,3-10,15H,11H2. The second-order valence-electron chi connectivity index (χ2n) is 4.04. The number of hydrogen-bond acceptors (Lipinski definition) is 2. The van der Waals surface area contributed by atoms with Gasteiger partial charge in [-0.3, -0.25) is 0 Å². The van der Waals surface area contributed by atoms with Gasteiger partial charge < -0.3 is 4.84 Å². The number of hydrogen-bond donors (Lipinski definition) is 0. The van der Waals surface area contributed by atoms with Gasteiger partial charge in [0.05, 0.1) is 5.71 Å². The largest absolute Gasteiger partial charge is 0.387 e. The first-order valence-electron chi connectivity index (χ1n) is 5.67. The van der Waals surface area contributed by atoms with Gasteiger partial charge in [-0.15, -0.1) is 0 Å². The second-order valence-corrected chi connectivity index (χ2v) is 4.04. The van der Waals surface area contributed by atoms with E-state index in [9.17, 15) is 0 Å². The van der Waals surface area contributed by atoms with Crippen LogP contribution < -0.4 is 0 Å². The highest BCUT2D eigenvalue weighted by Crippen LogP contribution is 2.28. The number of oxime groups is 1. The summed E-state index contributed by atoms with van der Waals surface area (Å²) in [5, 5.41) is 4.17. The third-order valence-corrected chi connectivity index (χ3v) is 2.89. The zero-order valence-corrected chi connectivity index (χ0v) is 9.34. The van der Waals surface area contributed by atoms with E-state index in [-0.39, 0.29) is 6.10 Å². The van der Waals surface area contributed by atoms with Crippen LogP contribution in [-0.4, -0.2) is 5.71 Å². The first-order valence-corrected chi connectivity index (χ1v) is 5.67. The highest BCUT2D eigenvalue weighted by atomic mass is 16.6. The quantitative estimate of drug-likeness (QED) is 0.763. The molecule has 3 rings (SSSR count). The van der Waals surface area contributed by atoms with Crippen LogP contribution >= 0.6 is 0 Å². The Hall–Kier alpha value is -2.09. The van der Waals surface area contributed by atoms with Crippen LogP contribution in [0.25, 0.3) is 0 Å². The molecule has 1 aliphatic rings. The molecule has 1 radical (unpaired) electrons. The second kappa shape index (κ2) is 4.42. The summed E-state index contributed by atoms with van der Waals surface area (Å²) in [4.78, 5) is 5.48. The Bertz CT molecular complexity index is 519. The smallest absolute Gasteiger partial charge is 0.158 e. The molecule has 1 aliphatic heterocycles. The fourth-order valence-corrected chi connectivity index (χ4v) is 1.97. The fourth-order valence-electron chi connectivity index (χ4n) is 1.97. The maximum atomic E-state index is 5.48. The van der Waals surface area contributed by atoms with Crippen LogP contribution in [0.5, 0.6) is 0 Å². The average Bonchev–Trinajstić information content (AvgIpc) is 2.90. The lowest BCUT2D eigenvalue weighted by molar-refractivity contribution is 0.0857. The SMILES string of the molecule is [c]1ccc(C2CC(c3ccccc3)=NO2)cc1. The normalized spacial score (nSPS) is 18.6. The molecule has 2 aromatic rings. The molecule has 17 heavy (non-hydrogen) atoms. The van der Waals surface area contributed by atoms with Crippen LogP contribution in [0, 0.1) is 6.07 Å². The van der Waals surface area contributed by atoms with Crippen molar-refractivity contribution in [1.82, 2.24) is 0 Å². The van der Waals surface area contributed by atoms with E-state index < -0.39 is 0 Å². The Morgan fingerprint density at radius 2 is 1.82 bits per heavy atom. The lowest BCUT2D eigenvalue weighted by Crippen LogP contribution is -2.01. The predicted molar refractivity (Wildman–Crippen MR) is 66.7 cm³/mol. The Balaban J connectivity index is 1.78. The van der Waals surface area contributed by atoms with Gasteiger partial charge >= 0.3 is 0 Å². The van der Waals surface area contributed by atoms with Crippen LogP contribution in [0.2, 0.25) is 0 Å². The predicted octanol–water partition coefficient (Wildman–Crippen LogP) is 3.35. The van der Waals surface area contributed by atoms with Crippen molar-refractivity contribution in [1.29, 1.82) is 0 Å². The van der Waals surface area contributed by atoms with Gasteiger partial charge in [0.1, 0.15) is 0 Å². The van der Waals surface area contributed by atoms with Crippen LogP contribution in [0.3, 0.4) is 0 Å². The molecule has 0 amide bonds. The van der Waals surface area contributed by atoms with Crippen molar-refractivity contribution >= 4 is 5.71 Å². The summed E-state index contributed by atoms with van der Waals surface area (Å²) < 4.78 is 0. The molecule has 0 fully saturated rings. The lowest BCUT2D eigenvalue weighted by atomic mass is 10.0. The molecule has 2 heteroatoms. The molecular formula is C15H12NO. The van der Waals surface area contributed by atoms with Gasteiger partial charge in [0, 0.05) is 6.42 Å². The van der Waals surface area contributed by atoms with Crippen molar-refractivity contribution in [3.63, 3.8) is 0 Å². The average molecular weight is 222 g/mol. The summed E-state index contributed by atoms with van der Waals surface area (Å²) in [5.74, 6) is 0. The summed E-state index contributed by atoms with van der Waals surface area (Å²) in [6.07, 6.45) is 0.869. The molecule has 0 saturated carbocycles. The van der Waals surface area contributed by atoms with Crippen molar-refractivity contribution in [3.05, 3.63) is 71.8 Å². The van der Waals surface area contributed by atoms with E-state index in [0.717, 1.165) is 23.3 Å². The lowest BCUT2D eigenvalue weighted by Gasteiger charge is -2.07. The van der Waals surface area contributed by atoms with Crippen molar-refractivity contribution < 1.29 is 4.84 Å². The molecule has 0 bridgehead atoms. The van der Waals surface area contributed by atoms with Crippen LogP contribution in [0.15, 0.2) is 59.8 Å². The summed E-state index contributed by atoms with van der Waals surface area (Å²) in [5.41, 5.74) is 3.30. The molecule has 0 aliphatic carbocycles. The highest BCUT2D eigenvalue weighted by Gasteiger charge is 2.23. The maximum Gasteiger partial charge on any atom is 0.158 e. The zero-order valence-electron chi connectivity index (χ0n) is 9.34. The molecule has 0 aromatic heterocycles. The van der Waals surface area contributed by atoms with Crippen molar-refractivity contribution in [3.8, 4) is 0 Å². The minimum atomic E-state index is 0.0415. The monoisotopic (exact) mass is 222 g/mol. The van der Waals surface area contributed by atoms with Gasteiger partial charge in [-0.1, -0.05) is 59.8 Å². The van der Waals surface area contributed by atoms with Gasteiger partial charge in [0.25, 0.3) is 0 Å². The minimum absolute atomic E-state index is 0.0415. The van der Waals surface area contributed by atoms with Crippen molar-refractivity contribution in [2.24, 2.45) is 5.16 Å². The van der Waals surface area contributed by atoms with Crippen LogP contribution in [0.4, 0.5) is 0 Å². The van der Waals surface area contributed by atoms with Gasteiger partial charge in [-0.25, -0.2) is 0 Å². The molecule has 1 atom stereocenters. The van der Waals surface area contributed by atoms with E-state index in [0.29, 0.717) is 0 Å². The molecule has 83 valence electrons. The molecule has 2 nitrogen and oxygen atoms in total. The Morgan fingerprint density at radius 1 is 1.06 bits per heavy atom. The van der Waals surface area contributed by atoms with E-state index >= 15 is 0 Å². The minimum Gasteiger partial charge on any atom is -0.387 e. The number of nitrogens with zero attached hydrogens (tertiary/aromatic N) is 1. The zero-order chi connectivity index (χ0) is 11.5. The maximum absolute atomic E-state index is 5.48. The molecule has 2 aromatic carbocycles. The number of rotatable bonds is 2. The van der Waals surface area contributed by atoms with E-state index in [1.165, 1.54) is 0 Å². The topological polar surface area (TPSA) is 21.6 Å². The summed E-state index contributed by atoms with van der Waals surface area (Å²) >= 11 is 0. The molecule has 1 heterocycles. The fraction of sp³-hybridized carbons (Fsp3) is 0.133.